The topological polar surface area (TPSA) is 110 Å². The van der Waals surface area contributed by atoms with Crippen LogP contribution >= 0.6 is 0 Å². The Bertz CT molecular complexity index is 719. The minimum absolute atomic E-state index is 0.0135. The van der Waals surface area contributed by atoms with Crippen LogP contribution in [0, 0.1) is 5.92 Å². The number of allylic oxidation sites excluding steroid dienone is 1. The number of nitrogen functional groups attached to an aromatic ring is 1. The van der Waals surface area contributed by atoms with Crippen molar-refractivity contribution in [1.82, 2.24) is 19.5 Å². The number of H-pyrrole nitrogens is 1. The molecule has 0 unspecified atom stereocenters. The lowest BCUT2D eigenvalue weighted by molar-refractivity contribution is 0.224. The van der Waals surface area contributed by atoms with Crippen molar-refractivity contribution >= 4 is 17.1 Å². The zero-order chi connectivity index (χ0) is 13.6. The molecule has 0 radical (unpaired) electrons. The second-order valence-corrected chi connectivity index (χ2v) is 4.51. The normalized spacial score (nSPS) is 22.9. The second kappa shape index (κ2) is 4.16. The minimum atomic E-state index is -0.512. The first-order valence-corrected chi connectivity index (χ1v) is 5.80. The molecule has 2 aromatic rings. The third-order valence-corrected chi connectivity index (χ3v) is 3.30. The number of nitrogens with two attached hydrogens (primary N) is 1. The first-order chi connectivity index (χ1) is 9.10. The van der Waals surface area contributed by atoms with E-state index in [1.807, 2.05) is 0 Å². The number of fused-ring (bicyclic) bond motifs is 1. The van der Waals surface area contributed by atoms with Gasteiger partial charge < -0.3 is 15.4 Å². The van der Waals surface area contributed by atoms with Gasteiger partial charge in [-0.1, -0.05) is 0 Å². The number of aromatic nitrogens is 4. The zero-order valence-corrected chi connectivity index (χ0v) is 9.88. The molecule has 4 N–H and O–H groups in total. The lowest BCUT2D eigenvalue weighted by Gasteiger charge is -2.11. The maximum atomic E-state index is 13.5. The van der Waals surface area contributed by atoms with Gasteiger partial charge in [0.2, 0.25) is 5.95 Å². The van der Waals surface area contributed by atoms with E-state index in [1.54, 1.807) is 4.57 Å². The van der Waals surface area contributed by atoms with E-state index in [1.165, 1.54) is 12.4 Å². The summed E-state index contributed by atoms with van der Waals surface area (Å²) in [6.07, 6.45) is 3.24. The van der Waals surface area contributed by atoms with Crippen molar-refractivity contribution in [2.24, 2.45) is 5.92 Å². The first kappa shape index (κ1) is 11.8. The van der Waals surface area contributed by atoms with Crippen molar-refractivity contribution in [3.63, 3.8) is 0 Å². The molecule has 2 heterocycles. The predicted molar refractivity (Wildman–Crippen MR) is 66.0 cm³/mol. The van der Waals surface area contributed by atoms with E-state index in [0.29, 0.717) is 12.1 Å². The predicted octanol–water partition coefficient (Wildman–Crippen LogP) is 0.108. The number of hydrogen-bond donors (Lipinski definition) is 3. The number of aliphatic hydroxyl groups is 1. The average molecular weight is 265 g/mol. The summed E-state index contributed by atoms with van der Waals surface area (Å²) in [4.78, 5) is 22.0. The molecule has 1 aliphatic carbocycles. The number of nitrogens with zero attached hydrogens (tertiary/aromatic N) is 3. The van der Waals surface area contributed by atoms with Crippen LogP contribution in [-0.4, -0.2) is 31.2 Å². The van der Waals surface area contributed by atoms with Crippen molar-refractivity contribution in [2.45, 2.75) is 12.5 Å². The summed E-state index contributed by atoms with van der Waals surface area (Å²) in [7, 11) is 0. The van der Waals surface area contributed by atoms with Gasteiger partial charge in [-0.25, -0.2) is 9.37 Å². The van der Waals surface area contributed by atoms with Crippen LogP contribution in [0.1, 0.15) is 12.5 Å². The molecule has 0 aromatic carbocycles. The number of halogens is 1. The van der Waals surface area contributed by atoms with E-state index in [4.69, 9.17) is 10.8 Å². The highest BCUT2D eigenvalue weighted by atomic mass is 19.1. The van der Waals surface area contributed by atoms with E-state index in [0.717, 1.165) is 0 Å². The van der Waals surface area contributed by atoms with Crippen LogP contribution < -0.4 is 11.3 Å². The Kier molecular flexibility index (Phi) is 2.59. The lowest BCUT2D eigenvalue weighted by atomic mass is 10.1. The molecule has 0 saturated heterocycles. The maximum Gasteiger partial charge on any atom is 0.280 e. The molecular formula is C11H12FN5O2. The molecule has 8 heteroatoms. The van der Waals surface area contributed by atoms with E-state index in [2.05, 4.69) is 15.0 Å². The fourth-order valence-corrected chi connectivity index (χ4v) is 2.33. The Hall–Kier alpha value is -2.22. The molecule has 0 fully saturated rings. The smallest absolute Gasteiger partial charge is 0.280 e. The van der Waals surface area contributed by atoms with Crippen molar-refractivity contribution in [3.8, 4) is 0 Å². The van der Waals surface area contributed by atoms with Crippen LogP contribution in [0.4, 0.5) is 10.3 Å². The van der Waals surface area contributed by atoms with Gasteiger partial charge in [-0.15, -0.1) is 0 Å². The monoisotopic (exact) mass is 265 g/mol. The summed E-state index contributed by atoms with van der Waals surface area (Å²) in [5, 5.41) is 9.06. The molecule has 0 spiro atoms. The van der Waals surface area contributed by atoms with Gasteiger partial charge in [-0.3, -0.25) is 9.78 Å². The molecule has 0 amide bonds. The van der Waals surface area contributed by atoms with Crippen molar-refractivity contribution in [3.05, 3.63) is 28.6 Å². The molecule has 0 saturated carbocycles. The maximum absolute atomic E-state index is 13.5. The Labute approximate surface area is 106 Å². The van der Waals surface area contributed by atoms with Crippen LogP contribution in [-0.2, 0) is 0 Å². The summed E-state index contributed by atoms with van der Waals surface area (Å²) < 4.78 is 15.1. The number of hydrogen-bond acceptors (Lipinski definition) is 5. The van der Waals surface area contributed by atoms with Gasteiger partial charge in [0.15, 0.2) is 11.2 Å². The number of aromatic amines is 1. The van der Waals surface area contributed by atoms with Gasteiger partial charge in [-0.05, 0) is 12.5 Å². The number of aliphatic hydroxyl groups excluding tert-OH is 1. The summed E-state index contributed by atoms with van der Waals surface area (Å²) in [5.74, 6) is -0.880. The van der Waals surface area contributed by atoms with E-state index >= 15 is 0 Å². The van der Waals surface area contributed by atoms with Crippen LogP contribution in [0.15, 0.2) is 23.0 Å². The quantitative estimate of drug-likeness (QED) is 0.713. The van der Waals surface area contributed by atoms with E-state index in [-0.39, 0.29) is 29.9 Å². The molecule has 2 aromatic heterocycles. The molecule has 0 aliphatic heterocycles. The highest BCUT2D eigenvalue weighted by molar-refractivity contribution is 5.70. The van der Waals surface area contributed by atoms with Gasteiger partial charge >= 0.3 is 0 Å². The molecule has 1 aliphatic rings. The number of nitrogens with one attached hydrogen (secondary N) is 1. The third kappa shape index (κ3) is 1.80. The Balaban J connectivity index is 2.10. The summed E-state index contributed by atoms with van der Waals surface area (Å²) >= 11 is 0. The third-order valence-electron chi connectivity index (χ3n) is 3.30. The van der Waals surface area contributed by atoms with Crippen molar-refractivity contribution < 1.29 is 9.50 Å². The van der Waals surface area contributed by atoms with Crippen LogP contribution in [0.2, 0.25) is 0 Å². The average Bonchev–Trinajstić information content (AvgIpc) is 2.92. The minimum Gasteiger partial charge on any atom is -0.396 e. The fraction of sp³-hybridized carbons (Fsp3) is 0.364. The van der Waals surface area contributed by atoms with E-state index in [9.17, 15) is 9.18 Å². The van der Waals surface area contributed by atoms with Gasteiger partial charge in [-0.2, -0.15) is 4.98 Å². The van der Waals surface area contributed by atoms with Gasteiger partial charge in [0.05, 0.1) is 19.0 Å². The van der Waals surface area contributed by atoms with Crippen LogP contribution in [0.25, 0.3) is 11.2 Å². The van der Waals surface area contributed by atoms with Gasteiger partial charge in [0, 0.05) is 5.92 Å². The molecule has 2 atom stereocenters. The van der Waals surface area contributed by atoms with E-state index < -0.39 is 11.5 Å². The van der Waals surface area contributed by atoms with Crippen molar-refractivity contribution in [2.75, 3.05) is 12.3 Å². The largest absolute Gasteiger partial charge is 0.396 e. The summed E-state index contributed by atoms with van der Waals surface area (Å²) in [6, 6.07) is -0.323. The molecular weight excluding hydrogens is 253 g/mol. The lowest BCUT2D eigenvalue weighted by Crippen LogP contribution is -2.13. The number of imidazole rings is 1. The molecule has 19 heavy (non-hydrogen) atoms. The number of anilines is 1. The SMILES string of the molecule is Nc1nc2c(ncn2[C@H]2C=C(F)[C@@H](CO)C2)c(=O)[nH]1. The molecule has 7 nitrogen and oxygen atoms in total. The molecule has 100 valence electrons. The Morgan fingerprint density at radius 2 is 2.42 bits per heavy atom. The molecule has 0 bridgehead atoms. The van der Waals surface area contributed by atoms with Crippen molar-refractivity contribution in [1.29, 1.82) is 0 Å². The first-order valence-electron chi connectivity index (χ1n) is 5.80. The highest BCUT2D eigenvalue weighted by Crippen LogP contribution is 2.35. The van der Waals surface area contributed by atoms with Gasteiger partial charge in [0.1, 0.15) is 5.83 Å². The Morgan fingerprint density at radius 3 is 3.11 bits per heavy atom. The summed E-state index contributed by atoms with van der Waals surface area (Å²) in [6.45, 7) is -0.248. The van der Waals surface area contributed by atoms with Crippen LogP contribution in [0.5, 0.6) is 0 Å². The van der Waals surface area contributed by atoms with Gasteiger partial charge in [0.25, 0.3) is 5.56 Å². The highest BCUT2D eigenvalue weighted by Gasteiger charge is 2.28. The number of rotatable bonds is 2. The van der Waals surface area contributed by atoms with Crippen LogP contribution in [0.3, 0.4) is 0 Å². The molecule has 3 rings (SSSR count). The second-order valence-electron chi connectivity index (χ2n) is 4.51. The Morgan fingerprint density at radius 1 is 1.63 bits per heavy atom. The fourth-order valence-electron chi connectivity index (χ4n) is 2.33. The summed E-state index contributed by atoms with van der Waals surface area (Å²) in [5.41, 5.74) is 5.54. The standard InChI is InChI=1S/C11H12FN5O2/c12-7-2-6(1-5(7)3-18)17-4-14-8-9(17)15-11(13)16-10(8)19/h2,4-6,18H,1,3H2,(H3,13,15,16,19)/t5-,6-/m1/s1. The zero-order valence-electron chi connectivity index (χ0n) is 9.88.